The standard InChI is InChI=1S/C25H27N5O3.C5H10.CH2O/c1-17-3-5-19(6-4-17)22-16-27-25(26)24(28-22)23-15-21(29-33-23)18-7-9-20(10-8-18)30(2)11-13-32-14-12-31;1-4-5(2)3;1-2/h3-10,15-16,31H,11-14H2,1-2H3,(H2,26,27);4-5H,1H2,2-3H3;1H2. The second-order valence-electron chi connectivity index (χ2n) is 9.22. The lowest BCUT2D eigenvalue weighted by Crippen LogP contribution is -2.23. The number of anilines is 2. The number of aliphatic hydroxyl groups is 1. The van der Waals surface area contributed by atoms with E-state index in [1.807, 2.05) is 81.4 Å². The first-order valence-corrected chi connectivity index (χ1v) is 12.9. The minimum Gasteiger partial charge on any atom is -0.394 e. The van der Waals surface area contributed by atoms with Crippen LogP contribution in [0, 0.1) is 12.8 Å². The number of nitrogens with zero attached hydrogens (tertiary/aromatic N) is 4. The quantitative estimate of drug-likeness (QED) is 0.198. The molecule has 212 valence electrons. The van der Waals surface area contributed by atoms with Gasteiger partial charge in [0.1, 0.15) is 12.5 Å². The Hall–Kier alpha value is -4.34. The maximum absolute atomic E-state index is 8.79. The number of carbonyl (C=O) groups excluding carboxylic acids is 1. The van der Waals surface area contributed by atoms with E-state index in [0.29, 0.717) is 42.0 Å². The van der Waals surface area contributed by atoms with E-state index in [0.717, 1.165) is 23.4 Å². The van der Waals surface area contributed by atoms with Crippen LogP contribution in [-0.2, 0) is 9.53 Å². The average Bonchev–Trinajstić information content (AvgIpc) is 3.47. The molecular formula is C31H39N5O4. The molecule has 4 aromatic rings. The minimum atomic E-state index is 0.0333. The lowest BCUT2D eigenvalue weighted by atomic mass is 10.1. The first-order chi connectivity index (χ1) is 19.3. The van der Waals surface area contributed by atoms with E-state index in [9.17, 15) is 0 Å². The highest BCUT2D eigenvalue weighted by molar-refractivity contribution is 5.73. The number of likely N-dealkylation sites (N-methyl/N-ethyl adjacent to an activating group) is 1. The van der Waals surface area contributed by atoms with Crippen LogP contribution in [0.1, 0.15) is 19.4 Å². The van der Waals surface area contributed by atoms with E-state index in [4.69, 9.17) is 24.9 Å². The summed E-state index contributed by atoms with van der Waals surface area (Å²) in [5, 5.41) is 13.0. The van der Waals surface area contributed by atoms with Gasteiger partial charge in [-0.25, -0.2) is 9.97 Å². The van der Waals surface area contributed by atoms with Gasteiger partial charge in [-0.05, 0) is 25.0 Å². The summed E-state index contributed by atoms with van der Waals surface area (Å²) in [6.45, 7) is 13.5. The number of aromatic nitrogens is 3. The summed E-state index contributed by atoms with van der Waals surface area (Å²) >= 11 is 0. The van der Waals surface area contributed by atoms with Gasteiger partial charge in [-0.2, -0.15) is 0 Å². The summed E-state index contributed by atoms with van der Waals surface area (Å²) in [5.41, 5.74) is 12.1. The fourth-order valence-corrected chi connectivity index (χ4v) is 3.35. The molecule has 3 N–H and O–H groups in total. The number of nitrogen functional groups attached to an aromatic ring is 1. The number of benzene rings is 2. The Balaban J connectivity index is 0.000000722. The van der Waals surface area contributed by atoms with Gasteiger partial charge >= 0.3 is 0 Å². The Morgan fingerprint density at radius 3 is 2.25 bits per heavy atom. The number of aryl methyl sites for hydroxylation is 1. The molecule has 0 saturated heterocycles. The topological polar surface area (TPSA) is 128 Å². The Morgan fingerprint density at radius 2 is 1.65 bits per heavy atom. The van der Waals surface area contributed by atoms with Gasteiger partial charge in [-0.1, -0.05) is 67.0 Å². The van der Waals surface area contributed by atoms with Gasteiger partial charge in [0.05, 0.1) is 31.7 Å². The molecule has 9 heteroatoms. The largest absolute Gasteiger partial charge is 0.394 e. The van der Waals surface area contributed by atoms with Crippen LogP contribution in [-0.4, -0.2) is 60.4 Å². The molecule has 0 bridgehead atoms. The molecule has 2 heterocycles. The third kappa shape index (κ3) is 9.44. The summed E-state index contributed by atoms with van der Waals surface area (Å²) in [7, 11) is 1.99. The molecule has 9 nitrogen and oxygen atoms in total. The van der Waals surface area contributed by atoms with E-state index >= 15 is 0 Å². The van der Waals surface area contributed by atoms with Crippen molar-refractivity contribution in [2.45, 2.75) is 20.8 Å². The van der Waals surface area contributed by atoms with Gasteiger partial charge in [0.25, 0.3) is 0 Å². The van der Waals surface area contributed by atoms with Crippen molar-refractivity contribution in [2.75, 3.05) is 44.0 Å². The van der Waals surface area contributed by atoms with Crippen LogP contribution in [0.3, 0.4) is 0 Å². The van der Waals surface area contributed by atoms with Crippen molar-refractivity contribution in [3.8, 4) is 34.0 Å². The van der Waals surface area contributed by atoms with Gasteiger partial charge in [0.2, 0.25) is 0 Å². The van der Waals surface area contributed by atoms with Crippen molar-refractivity contribution in [2.24, 2.45) is 5.92 Å². The Labute approximate surface area is 236 Å². The van der Waals surface area contributed by atoms with E-state index in [1.165, 1.54) is 5.56 Å². The van der Waals surface area contributed by atoms with Crippen LogP contribution < -0.4 is 10.6 Å². The van der Waals surface area contributed by atoms with E-state index in [1.54, 1.807) is 6.20 Å². The summed E-state index contributed by atoms with van der Waals surface area (Å²) in [5.74, 6) is 1.40. The summed E-state index contributed by atoms with van der Waals surface area (Å²) in [6.07, 6.45) is 3.57. The van der Waals surface area contributed by atoms with Crippen LogP contribution in [0.25, 0.3) is 34.0 Å². The van der Waals surface area contributed by atoms with Crippen LogP contribution in [0.2, 0.25) is 0 Å². The maximum Gasteiger partial charge on any atom is 0.189 e. The number of nitrogens with two attached hydrogens (primary N) is 1. The van der Waals surface area contributed by atoms with E-state index in [2.05, 4.69) is 40.5 Å². The van der Waals surface area contributed by atoms with Gasteiger partial charge in [-0.3, -0.25) is 0 Å². The second-order valence-corrected chi connectivity index (χ2v) is 9.22. The molecule has 0 aliphatic rings. The number of hydrogen-bond acceptors (Lipinski definition) is 9. The molecule has 0 amide bonds. The zero-order valence-corrected chi connectivity index (χ0v) is 23.7. The van der Waals surface area contributed by atoms with Crippen LogP contribution in [0.15, 0.2) is 78.0 Å². The van der Waals surface area contributed by atoms with E-state index < -0.39 is 0 Å². The lowest BCUT2D eigenvalue weighted by Gasteiger charge is -2.19. The van der Waals surface area contributed by atoms with Crippen molar-refractivity contribution >= 4 is 18.3 Å². The van der Waals surface area contributed by atoms with Crippen LogP contribution in [0.4, 0.5) is 11.5 Å². The second kappa shape index (κ2) is 16.6. The van der Waals surface area contributed by atoms with Crippen molar-refractivity contribution < 1.29 is 19.2 Å². The maximum atomic E-state index is 8.79. The highest BCUT2D eigenvalue weighted by Gasteiger charge is 2.15. The Kier molecular flexibility index (Phi) is 13.2. The third-order valence-corrected chi connectivity index (χ3v) is 5.77. The molecule has 2 aromatic carbocycles. The number of allylic oxidation sites excluding steroid dienone is 1. The molecule has 2 aromatic heterocycles. The zero-order chi connectivity index (χ0) is 29.5. The van der Waals surface area contributed by atoms with Crippen molar-refractivity contribution in [3.63, 3.8) is 0 Å². The molecular weight excluding hydrogens is 506 g/mol. The molecule has 40 heavy (non-hydrogen) atoms. The monoisotopic (exact) mass is 545 g/mol. The van der Waals surface area contributed by atoms with Crippen LogP contribution >= 0.6 is 0 Å². The first kappa shape index (κ1) is 31.9. The average molecular weight is 546 g/mol. The number of carbonyl (C=O) groups is 1. The molecule has 0 spiro atoms. The normalized spacial score (nSPS) is 10.2. The lowest BCUT2D eigenvalue weighted by molar-refractivity contribution is -0.0980. The zero-order valence-electron chi connectivity index (χ0n) is 23.7. The van der Waals surface area contributed by atoms with Crippen molar-refractivity contribution in [1.29, 1.82) is 0 Å². The SMILES string of the molecule is C=CC(C)C.C=O.Cc1ccc(-c2cnc(N)c(-c3cc(-c4ccc(N(C)CCOCCO)cc4)no3)n2)cc1. The molecule has 0 unspecified atom stereocenters. The fraction of sp³-hybridized carbons (Fsp3) is 0.290. The smallest absolute Gasteiger partial charge is 0.189 e. The molecule has 0 fully saturated rings. The summed E-state index contributed by atoms with van der Waals surface area (Å²) < 4.78 is 10.9. The highest BCUT2D eigenvalue weighted by atomic mass is 16.5. The Bertz CT molecular complexity index is 1300. The molecule has 0 aliphatic carbocycles. The number of ether oxygens (including phenoxy) is 1. The highest BCUT2D eigenvalue weighted by Crippen LogP contribution is 2.30. The summed E-state index contributed by atoms with van der Waals surface area (Å²) in [6, 6.07) is 17.9. The van der Waals surface area contributed by atoms with Crippen LogP contribution in [0.5, 0.6) is 0 Å². The van der Waals surface area contributed by atoms with Crippen molar-refractivity contribution in [3.05, 3.63) is 79.0 Å². The number of rotatable bonds is 10. The Morgan fingerprint density at radius 1 is 1.05 bits per heavy atom. The van der Waals surface area contributed by atoms with Gasteiger partial charge in [0, 0.05) is 36.5 Å². The predicted molar refractivity (Wildman–Crippen MR) is 161 cm³/mol. The fourth-order valence-electron chi connectivity index (χ4n) is 3.35. The van der Waals surface area contributed by atoms with Gasteiger partial charge in [-0.15, -0.1) is 6.58 Å². The van der Waals surface area contributed by atoms with E-state index in [-0.39, 0.29) is 12.4 Å². The minimum absolute atomic E-state index is 0.0333. The molecule has 0 radical (unpaired) electrons. The molecule has 0 aliphatic heterocycles. The van der Waals surface area contributed by atoms with Gasteiger partial charge in [0.15, 0.2) is 17.3 Å². The molecule has 4 rings (SSSR count). The molecule has 0 atom stereocenters. The number of aliphatic hydroxyl groups excluding tert-OH is 1. The van der Waals surface area contributed by atoms with Gasteiger partial charge < -0.3 is 29.8 Å². The van der Waals surface area contributed by atoms with Crippen molar-refractivity contribution in [1.82, 2.24) is 15.1 Å². The first-order valence-electron chi connectivity index (χ1n) is 12.9. The predicted octanol–water partition coefficient (Wildman–Crippen LogP) is 5.44. The third-order valence-electron chi connectivity index (χ3n) is 5.77. The number of hydrogen-bond donors (Lipinski definition) is 2. The molecule has 0 saturated carbocycles. The summed E-state index contributed by atoms with van der Waals surface area (Å²) in [4.78, 5) is 19.1.